The highest BCUT2D eigenvalue weighted by molar-refractivity contribution is 14.1. The van der Waals surface area contributed by atoms with E-state index in [9.17, 15) is 4.79 Å². The summed E-state index contributed by atoms with van der Waals surface area (Å²) in [5.41, 5.74) is 3.01. The van der Waals surface area contributed by atoms with Crippen molar-refractivity contribution in [2.24, 2.45) is 0 Å². The van der Waals surface area contributed by atoms with Crippen molar-refractivity contribution >= 4 is 50.1 Å². The summed E-state index contributed by atoms with van der Waals surface area (Å²) < 4.78 is 2.11. The maximum Gasteiger partial charge on any atom is 0.228 e. The van der Waals surface area contributed by atoms with Crippen molar-refractivity contribution in [3.8, 4) is 0 Å². The highest BCUT2D eigenvalue weighted by atomic mass is 127. The zero-order valence-electron chi connectivity index (χ0n) is 10.4. The number of benzene rings is 2. The van der Waals surface area contributed by atoms with Crippen LogP contribution in [0.1, 0.15) is 11.1 Å². The lowest BCUT2D eigenvalue weighted by molar-refractivity contribution is -0.115. The summed E-state index contributed by atoms with van der Waals surface area (Å²) in [5, 5.41) is 2.91. The van der Waals surface area contributed by atoms with Crippen LogP contribution in [-0.2, 0) is 11.2 Å². The molecule has 2 nitrogen and oxygen atoms in total. The summed E-state index contributed by atoms with van der Waals surface area (Å²) in [7, 11) is 0. The number of carbonyl (C=O) groups excluding carboxylic acids is 1. The smallest absolute Gasteiger partial charge is 0.228 e. The summed E-state index contributed by atoms with van der Waals surface area (Å²) in [6, 6.07) is 13.7. The van der Waals surface area contributed by atoms with Gasteiger partial charge in [-0.1, -0.05) is 24.3 Å². The Kier molecular flexibility index (Phi) is 4.99. The predicted octanol–water partition coefficient (Wildman–Crippen LogP) is 4.54. The topological polar surface area (TPSA) is 29.1 Å². The molecule has 98 valence electrons. The van der Waals surface area contributed by atoms with Gasteiger partial charge in [0.2, 0.25) is 5.91 Å². The van der Waals surface area contributed by atoms with Gasteiger partial charge in [0, 0.05) is 13.7 Å². The van der Waals surface area contributed by atoms with Crippen molar-refractivity contribution in [2.45, 2.75) is 13.3 Å². The summed E-state index contributed by atoms with van der Waals surface area (Å²) in [6.07, 6.45) is 0.399. The molecule has 0 fully saturated rings. The molecule has 0 saturated carbocycles. The standard InChI is InChI=1S/C15H13BrINO/c1-10-4-2-3-5-11(10)8-15(19)18-12-6-7-14(17)13(16)9-12/h2-7,9H,8H2,1H3,(H,18,19). The van der Waals surface area contributed by atoms with E-state index in [4.69, 9.17) is 0 Å². The van der Waals surface area contributed by atoms with E-state index in [0.717, 1.165) is 24.9 Å². The number of carbonyl (C=O) groups is 1. The quantitative estimate of drug-likeness (QED) is 0.713. The lowest BCUT2D eigenvalue weighted by Crippen LogP contribution is -2.15. The van der Waals surface area contributed by atoms with E-state index in [1.807, 2.05) is 49.4 Å². The molecule has 1 amide bonds. The molecule has 0 aliphatic rings. The van der Waals surface area contributed by atoms with Crippen molar-refractivity contribution in [2.75, 3.05) is 5.32 Å². The van der Waals surface area contributed by atoms with Gasteiger partial charge < -0.3 is 5.32 Å². The third-order valence-electron chi connectivity index (χ3n) is 2.82. The van der Waals surface area contributed by atoms with Gasteiger partial charge in [-0.05, 0) is 74.8 Å². The number of halogens is 2. The largest absolute Gasteiger partial charge is 0.326 e. The summed E-state index contributed by atoms with van der Waals surface area (Å²) in [5.74, 6) is 0.00223. The Morgan fingerprint density at radius 3 is 2.68 bits per heavy atom. The summed E-state index contributed by atoms with van der Waals surface area (Å²) in [4.78, 5) is 12.0. The van der Waals surface area contributed by atoms with Crippen LogP contribution in [0.3, 0.4) is 0 Å². The molecule has 0 atom stereocenters. The van der Waals surface area contributed by atoms with Crippen LogP contribution >= 0.6 is 38.5 Å². The normalized spacial score (nSPS) is 10.3. The average Bonchev–Trinajstić information content (AvgIpc) is 2.37. The predicted molar refractivity (Wildman–Crippen MR) is 90.4 cm³/mol. The van der Waals surface area contributed by atoms with E-state index in [1.54, 1.807) is 0 Å². The number of rotatable bonds is 3. The minimum absolute atomic E-state index is 0.00223. The van der Waals surface area contributed by atoms with Gasteiger partial charge in [-0.3, -0.25) is 4.79 Å². The van der Waals surface area contributed by atoms with E-state index < -0.39 is 0 Å². The molecular formula is C15H13BrINO. The van der Waals surface area contributed by atoms with Crippen LogP contribution in [-0.4, -0.2) is 5.91 Å². The summed E-state index contributed by atoms with van der Waals surface area (Å²) in [6.45, 7) is 2.02. The SMILES string of the molecule is Cc1ccccc1CC(=O)Nc1ccc(I)c(Br)c1. The number of amides is 1. The van der Waals surface area contributed by atoms with E-state index in [-0.39, 0.29) is 5.91 Å². The van der Waals surface area contributed by atoms with Gasteiger partial charge >= 0.3 is 0 Å². The van der Waals surface area contributed by atoms with Gasteiger partial charge in [-0.2, -0.15) is 0 Å². The number of hydrogen-bond acceptors (Lipinski definition) is 1. The molecule has 0 heterocycles. The molecule has 2 aromatic carbocycles. The van der Waals surface area contributed by atoms with Gasteiger partial charge in [0.15, 0.2) is 0 Å². The molecule has 0 radical (unpaired) electrons. The molecule has 0 bridgehead atoms. The Morgan fingerprint density at radius 2 is 2.00 bits per heavy atom. The molecule has 0 spiro atoms. The van der Waals surface area contributed by atoms with Crippen molar-refractivity contribution in [1.29, 1.82) is 0 Å². The van der Waals surface area contributed by atoms with Gasteiger partial charge in [0.05, 0.1) is 6.42 Å². The number of hydrogen-bond donors (Lipinski definition) is 1. The van der Waals surface area contributed by atoms with Crippen LogP contribution in [0, 0.1) is 10.5 Å². The Labute approximate surface area is 134 Å². The Bertz CT molecular complexity index is 613. The lowest BCUT2D eigenvalue weighted by Gasteiger charge is -2.08. The molecule has 0 unspecified atom stereocenters. The third kappa shape index (κ3) is 4.04. The second-order valence-corrected chi connectivity index (χ2v) is 6.30. The van der Waals surface area contributed by atoms with Crippen LogP contribution < -0.4 is 5.32 Å². The molecule has 19 heavy (non-hydrogen) atoms. The Balaban J connectivity index is 2.05. The molecule has 2 rings (SSSR count). The summed E-state index contributed by atoms with van der Waals surface area (Å²) >= 11 is 5.69. The van der Waals surface area contributed by atoms with Crippen molar-refractivity contribution < 1.29 is 4.79 Å². The van der Waals surface area contributed by atoms with Crippen molar-refractivity contribution in [3.05, 3.63) is 61.6 Å². The molecule has 0 aromatic heterocycles. The number of anilines is 1. The van der Waals surface area contributed by atoms with E-state index >= 15 is 0 Å². The first-order valence-corrected chi connectivity index (χ1v) is 7.73. The van der Waals surface area contributed by atoms with E-state index in [0.29, 0.717) is 6.42 Å². The molecule has 0 saturated heterocycles. The van der Waals surface area contributed by atoms with Crippen LogP contribution in [0.25, 0.3) is 0 Å². The van der Waals surface area contributed by atoms with Crippen molar-refractivity contribution in [1.82, 2.24) is 0 Å². The van der Waals surface area contributed by atoms with Gasteiger partial charge in [0.25, 0.3) is 0 Å². The minimum atomic E-state index is 0.00223. The van der Waals surface area contributed by atoms with Gasteiger partial charge in [0.1, 0.15) is 0 Å². The zero-order valence-corrected chi connectivity index (χ0v) is 14.2. The molecule has 1 N–H and O–H groups in total. The molecular weight excluding hydrogens is 417 g/mol. The van der Waals surface area contributed by atoms with Crippen LogP contribution in [0.5, 0.6) is 0 Å². The van der Waals surface area contributed by atoms with E-state index in [1.165, 1.54) is 0 Å². The first kappa shape index (κ1) is 14.5. The number of aryl methyl sites for hydroxylation is 1. The Hall–Kier alpha value is -0.880. The molecule has 4 heteroatoms. The van der Waals surface area contributed by atoms with Crippen LogP contribution in [0.4, 0.5) is 5.69 Å². The molecule has 0 aliphatic heterocycles. The maximum atomic E-state index is 12.0. The fourth-order valence-corrected chi connectivity index (χ4v) is 2.47. The molecule has 0 aliphatic carbocycles. The van der Waals surface area contributed by atoms with Crippen molar-refractivity contribution in [3.63, 3.8) is 0 Å². The lowest BCUT2D eigenvalue weighted by atomic mass is 10.1. The van der Waals surface area contributed by atoms with Gasteiger partial charge in [-0.25, -0.2) is 0 Å². The number of nitrogens with one attached hydrogen (secondary N) is 1. The Morgan fingerprint density at radius 1 is 1.26 bits per heavy atom. The first-order chi connectivity index (χ1) is 9.06. The maximum absolute atomic E-state index is 12.0. The third-order valence-corrected chi connectivity index (χ3v) is 5.15. The average molecular weight is 430 g/mol. The van der Waals surface area contributed by atoms with E-state index in [2.05, 4.69) is 43.8 Å². The highest BCUT2D eigenvalue weighted by Crippen LogP contribution is 2.23. The fraction of sp³-hybridized carbons (Fsp3) is 0.133. The van der Waals surface area contributed by atoms with Crippen LogP contribution in [0.2, 0.25) is 0 Å². The molecule has 2 aromatic rings. The zero-order chi connectivity index (χ0) is 13.8. The monoisotopic (exact) mass is 429 g/mol. The minimum Gasteiger partial charge on any atom is -0.326 e. The fourth-order valence-electron chi connectivity index (χ4n) is 1.76. The van der Waals surface area contributed by atoms with Gasteiger partial charge in [-0.15, -0.1) is 0 Å². The second kappa shape index (κ2) is 6.52. The first-order valence-electron chi connectivity index (χ1n) is 5.85. The van der Waals surface area contributed by atoms with Crippen LogP contribution in [0.15, 0.2) is 46.9 Å². The highest BCUT2D eigenvalue weighted by Gasteiger charge is 2.07. The second-order valence-electron chi connectivity index (χ2n) is 4.28.